The molecule has 0 saturated heterocycles. The van der Waals surface area contributed by atoms with Crippen LogP contribution in [0.5, 0.6) is 0 Å². The van der Waals surface area contributed by atoms with Crippen LogP contribution in [-0.2, 0) is 28.6 Å². The van der Waals surface area contributed by atoms with Crippen LogP contribution in [0.25, 0.3) is 0 Å². The first-order valence-electron chi connectivity index (χ1n) is 26.4. The predicted molar refractivity (Wildman–Crippen MR) is 270 cm³/mol. The molecule has 0 bridgehead atoms. The predicted octanol–water partition coefficient (Wildman–Crippen LogP) is 17.4. The van der Waals surface area contributed by atoms with Gasteiger partial charge in [0.25, 0.3) is 0 Å². The lowest BCUT2D eigenvalue weighted by atomic mass is 10.0. The Morgan fingerprint density at radius 2 is 0.635 bits per heavy atom. The monoisotopic (exact) mass is 879 g/mol. The first-order valence-corrected chi connectivity index (χ1v) is 26.4. The molecule has 6 nitrogen and oxygen atoms in total. The molecular weight excluding hydrogens is 781 g/mol. The van der Waals surface area contributed by atoms with E-state index in [0.717, 1.165) is 89.9 Å². The van der Waals surface area contributed by atoms with Crippen LogP contribution in [0.4, 0.5) is 0 Å². The minimum absolute atomic E-state index is 0.0945. The first-order chi connectivity index (χ1) is 31.0. The van der Waals surface area contributed by atoms with Gasteiger partial charge < -0.3 is 14.2 Å². The largest absolute Gasteiger partial charge is 0.462 e. The number of hydrogen-bond acceptors (Lipinski definition) is 6. The van der Waals surface area contributed by atoms with E-state index in [1.54, 1.807) is 0 Å². The molecule has 0 fully saturated rings. The van der Waals surface area contributed by atoms with E-state index in [2.05, 4.69) is 93.7 Å². The van der Waals surface area contributed by atoms with Crippen LogP contribution in [0, 0.1) is 0 Å². The summed E-state index contributed by atoms with van der Waals surface area (Å²) in [6.07, 6.45) is 64.6. The summed E-state index contributed by atoms with van der Waals surface area (Å²) in [5, 5.41) is 0. The molecule has 0 saturated carbocycles. The Labute approximate surface area is 389 Å². The number of ether oxygens (including phenoxy) is 3. The van der Waals surface area contributed by atoms with Gasteiger partial charge in [-0.2, -0.15) is 0 Å². The molecule has 0 aromatic carbocycles. The first kappa shape index (κ1) is 59.9. The highest BCUT2D eigenvalue weighted by atomic mass is 16.6. The molecular formula is C57H98O6. The standard InChI is InChI=1S/C57H98O6/c1-4-7-10-13-16-19-22-25-28-29-30-33-35-38-41-44-47-50-56(59)62-53-54(63-57(60)51-48-45-42-39-36-32-27-24-21-18-15-12-9-6-3)52-61-55(58)49-46-43-40-37-34-31-26-23-20-17-14-11-8-5-2/h7,10,16,19,24-25,27-28,30,33,38,41,54H,4-6,8-9,11-15,17-18,20-23,26,29,31-32,34-37,39-40,42-53H2,1-3H3/b10-7-,19-16-,27-24-,28-25-,33-30-,41-38-/t54-/m1/s1. The summed E-state index contributed by atoms with van der Waals surface area (Å²) in [7, 11) is 0. The van der Waals surface area contributed by atoms with Crippen molar-refractivity contribution in [3.63, 3.8) is 0 Å². The molecule has 0 aliphatic rings. The van der Waals surface area contributed by atoms with Gasteiger partial charge in [0, 0.05) is 19.3 Å². The van der Waals surface area contributed by atoms with Crippen molar-refractivity contribution in [1.82, 2.24) is 0 Å². The number of hydrogen-bond donors (Lipinski definition) is 0. The minimum Gasteiger partial charge on any atom is -0.462 e. The summed E-state index contributed by atoms with van der Waals surface area (Å²) in [5.41, 5.74) is 0. The summed E-state index contributed by atoms with van der Waals surface area (Å²) in [5.74, 6) is -0.960. The number of carbonyl (C=O) groups excluding carboxylic acids is 3. The number of allylic oxidation sites excluding steroid dienone is 12. The van der Waals surface area contributed by atoms with Crippen molar-refractivity contribution in [3.8, 4) is 0 Å². The third-order valence-electron chi connectivity index (χ3n) is 11.2. The fourth-order valence-electron chi connectivity index (χ4n) is 7.24. The van der Waals surface area contributed by atoms with Gasteiger partial charge in [-0.15, -0.1) is 0 Å². The highest BCUT2D eigenvalue weighted by Gasteiger charge is 2.19. The number of esters is 3. The zero-order valence-electron chi connectivity index (χ0n) is 41.3. The van der Waals surface area contributed by atoms with E-state index in [1.165, 1.54) is 116 Å². The molecule has 1 atom stereocenters. The van der Waals surface area contributed by atoms with E-state index in [0.29, 0.717) is 19.3 Å². The number of unbranched alkanes of at least 4 members (excludes halogenated alkanes) is 24. The van der Waals surface area contributed by atoms with Crippen LogP contribution < -0.4 is 0 Å². The fourth-order valence-corrected chi connectivity index (χ4v) is 7.24. The Morgan fingerprint density at radius 3 is 1.05 bits per heavy atom. The van der Waals surface area contributed by atoms with Crippen molar-refractivity contribution in [3.05, 3.63) is 72.9 Å². The topological polar surface area (TPSA) is 78.9 Å². The summed E-state index contributed by atoms with van der Waals surface area (Å²) in [4.78, 5) is 38.0. The van der Waals surface area contributed by atoms with Crippen molar-refractivity contribution in [1.29, 1.82) is 0 Å². The van der Waals surface area contributed by atoms with E-state index in [-0.39, 0.29) is 37.5 Å². The van der Waals surface area contributed by atoms with E-state index in [4.69, 9.17) is 14.2 Å². The van der Waals surface area contributed by atoms with Gasteiger partial charge in [0.15, 0.2) is 6.10 Å². The summed E-state index contributed by atoms with van der Waals surface area (Å²) in [6, 6.07) is 0. The lowest BCUT2D eigenvalue weighted by Crippen LogP contribution is -2.30. The third kappa shape index (κ3) is 49.7. The van der Waals surface area contributed by atoms with E-state index in [9.17, 15) is 14.4 Å². The molecule has 0 aromatic heterocycles. The van der Waals surface area contributed by atoms with Crippen molar-refractivity contribution in [2.24, 2.45) is 0 Å². The molecule has 0 amide bonds. The minimum atomic E-state index is -0.800. The molecule has 0 radical (unpaired) electrons. The van der Waals surface area contributed by atoms with Crippen molar-refractivity contribution in [2.75, 3.05) is 13.2 Å². The van der Waals surface area contributed by atoms with Crippen LogP contribution in [-0.4, -0.2) is 37.2 Å². The molecule has 0 heterocycles. The molecule has 0 unspecified atom stereocenters. The zero-order valence-corrected chi connectivity index (χ0v) is 41.3. The van der Waals surface area contributed by atoms with Crippen molar-refractivity contribution < 1.29 is 28.6 Å². The van der Waals surface area contributed by atoms with Crippen LogP contribution in [0.15, 0.2) is 72.9 Å². The summed E-state index contributed by atoms with van der Waals surface area (Å²) >= 11 is 0. The molecule has 0 N–H and O–H groups in total. The Balaban J connectivity index is 4.47. The molecule has 362 valence electrons. The van der Waals surface area contributed by atoms with Crippen molar-refractivity contribution in [2.45, 2.75) is 258 Å². The van der Waals surface area contributed by atoms with Gasteiger partial charge in [-0.3, -0.25) is 14.4 Å². The smallest absolute Gasteiger partial charge is 0.306 e. The van der Waals surface area contributed by atoms with Gasteiger partial charge in [0.05, 0.1) is 0 Å². The molecule has 0 aromatic rings. The average molecular weight is 879 g/mol. The van der Waals surface area contributed by atoms with Crippen LogP contribution in [0.3, 0.4) is 0 Å². The molecule has 0 rings (SSSR count). The van der Waals surface area contributed by atoms with Gasteiger partial charge in [0.2, 0.25) is 0 Å². The highest BCUT2D eigenvalue weighted by Crippen LogP contribution is 2.15. The van der Waals surface area contributed by atoms with Gasteiger partial charge >= 0.3 is 17.9 Å². The van der Waals surface area contributed by atoms with Crippen molar-refractivity contribution >= 4 is 17.9 Å². The van der Waals surface area contributed by atoms with Gasteiger partial charge in [-0.1, -0.05) is 222 Å². The Hall–Kier alpha value is -3.15. The Kier molecular flexibility index (Phi) is 48.9. The lowest BCUT2D eigenvalue weighted by Gasteiger charge is -2.18. The second-order valence-corrected chi connectivity index (χ2v) is 17.4. The maximum absolute atomic E-state index is 12.8. The SMILES string of the molecule is CC/C=C\C/C=C\C/C=C\C/C=C\C/C=C\CCCC(=O)OC[C@@H](COC(=O)CCCCCCCCCCCCCCCC)OC(=O)CCCCCCC/C=C\CCCCCCC. The maximum atomic E-state index is 12.8. The highest BCUT2D eigenvalue weighted by molar-refractivity contribution is 5.71. The maximum Gasteiger partial charge on any atom is 0.306 e. The molecule has 0 aliphatic carbocycles. The lowest BCUT2D eigenvalue weighted by molar-refractivity contribution is -0.167. The van der Waals surface area contributed by atoms with Crippen LogP contribution >= 0.6 is 0 Å². The zero-order chi connectivity index (χ0) is 45.8. The third-order valence-corrected chi connectivity index (χ3v) is 11.2. The Morgan fingerprint density at radius 1 is 0.333 bits per heavy atom. The van der Waals surface area contributed by atoms with Gasteiger partial charge in [-0.05, 0) is 83.5 Å². The Bertz CT molecular complexity index is 1190. The average Bonchev–Trinajstić information content (AvgIpc) is 3.28. The van der Waals surface area contributed by atoms with Gasteiger partial charge in [0.1, 0.15) is 13.2 Å². The number of carbonyl (C=O) groups is 3. The number of rotatable bonds is 47. The van der Waals surface area contributed by atoms with E-state index < -0.39 is 6.10 Å². The second-order valence-electron chi connectivity index (χ2n) is 17.4. The normalized spacial score (nSPS) is 12.6. The quantitative estimate of drug-likeness (QED) is 0.0262. The van der Waals surface area contributed by atoms with E-state index in [1.807, 2.05) is 0 Å². The van der Waals surface area contributed by atoms with E-state index >= 15 is 0 Å². The molecule has 6 heteroatoms. The molecule has 63 heavy (non-hydrogen) atoms. The fraction of sp³-hybridized carbons (Fsp3) is 0.737. The second kappa shape index (κ2) is 51.5. The summed E-state index contributed by atoms with van der Waals surface area (Å²) < 4.78 is 16.8. The van der Waals surface area contributed by atoms with Crippen LogP contribution in [0.2, 0.25) is 0 Å². The van der Waals surface area contributed by atoms with Crippen LogP contribution in [0.1, 0.15) is 252 Å². The molecule has 0 spiro atoms. The van der Waals surface area contributed by atoms with Gasteiger partial charge in [-0.25, -0.2) is 0 Å². The molecule has 0 aliphatic heterocycles. The summed E-state index contributed by atoms with van der Waals surface area (Å²) in [6.45, 7) is 6.47.